The van der Waals surface area contributed by atoms with Gasteiger partial charge in [0, 0.05) is 6.04 Å². The first-order valence-corrected chi connectivity index (χ1v) is 6.77. The van der Waals surface area contributed by atoms with Crippen molar-refractivity contribution in [3.8, 4) is 0 Å². The fourth-order valence-corrected chi connectivity index (χ4v) is 2.08. The minimum atomic E-state index is 0.0189. The zero-order chi connectivity index (χ0) is 12.8. The van der Waals surface area contributed by atoms with E-state index < -0.39 is 0 Å². The lowest BCUT2D eigenvalue weighted by molar-refractivity contribution is 0.291. The van der Waals surface area contributed by atoms with Crippen LogP contribution in [0.25, 0.3) is 0 Å². The first kappa shape index (κ1) is 14.8. The van der Waals surface area contributed by atoms with Gasteiger partial charge in [-0.15, -0.1) is 0 Å². The van der Waals surface area contributed by atoms with E-state index in [-0.39, 0.29) is 6.04 Å². The largest absolute Gasteiger partial charge is 0.324 e. The summed E-state index contributed by atoms with van der Waals surface area (Å²) in [7, 11) is 0. The molecule has 2 N–H and O–H groups in total. The maximum absolute atomic E-state index is 6.14. The number of nitrogens with zero attached hydrogens (tertiary/aromatic N) is 1. The Hall–Kier alpha value is -0.280. The number of benzene rings is 1. The average Bonchev–Trinajstić information content (AvgIpc) is 2.33. The third-order valence-corrected chi connectivity index (χ3v) is 3.76. The summed E-state index contributed by atoms with van der Waals surface area (Å²) in [5.41, 5.74) is 7.19. The maximum atomic E-state index is 6.14. The molecule has 2 nitrogen and oxygen atoms in total. The molecule has 0 aliphatic rings. The standard InChI is InChI=1S/C13H20Cl2N2/c1-3-17(4-2)8-7-13(16)10-5-6-11(14)12(15)9-10/h5-6,9,13H,3-4,7-8,16H2,1-2H3. The molecule has 0 fully saturated rings. The molecular formula is C13H20Cl2N2. The Kier molecular flexibility index (Phi) is 6.28. The predicted molar refractivity (Wildman–Crippen MR) is 75.8 cm³/mol. The van der Waals surface area contributed by atoms with Gasteiger partial charge in [0.2, 0.25) is 0 Å². The van der Waals surface area contributed by atoms with Crippen molar-refractivity contribution in [3.05, 3.63) is 33.8 Å². The Labute approximate surface area is 114 Å². The first-order chi connectivity index (χ1) is 8.08. The molecule has 1 aromatic carbocycles. The quantitative estimate of drug-likeness (QED) is 0.857. The first-order valence-electron chi connectivity index (χ1n) is 6.01. The SMILES string of the molecule is CCN(CC)CCC(N)c1ccc(Cl)c(Cl)c1. The Morgan fingerprint density at radius 1 is 1.18 bits per heavy atom. The molecule has 1 rings (SSSR count). The summed E-state index contributed by atoms with van der Waals surface area (Å²) in [6, 6.07) is 5.62. The fraction of sp³-hybridized carbons (Fsp3) is 0.538. The van der Waals surface area contributed by atoms with Crippen molar-refractivity contribution >= 4 is 23.2 Å². The van der Waals surface area contributed by atoms with Crippen LogP contribution in [0.4, 0.5) is 0 Å². The maximum Gasteiger partial charge on any atom is 0.0595 e. The number of hydrogen-bond donors (Lipinski definition) is 1. The zero-order valence-electron chi connectivity index (χ0n) is 10.4. The molecule has 0 aliphatic heterocycles. The van der Waals surface area contributed by atoms with Gasteiger partial charge < -0.3 is 10.6 Å². The van der Waals surface area contributed by atoms with E-state index in [0.717, 1.165) is 31.6 Å². The Morgan fingerprint density at radius 2 is 1.82 bits per heavy atom. The lowest BCUT2D eigenvalue weighted by Gasteiger charge is -2.20. The van der Waals surface area contributed by atoms with E-state index in [1.807, 2.05) is 12.1 Å². The Morgan fingerprint density at radius 3 is 2.35 bits per heavy atom. The molecule has 4 heteroatoms. The highest BCUT2D eigenvalue weighted by molar-refractivity contribution is 6.42. The molecule has 0 amide bonds. The lowest BCUT2D eigenvalue weighted by atomic mass is 10.0. The van der Waals surface area contributed by atoms with Crippen molar-refractivity contribution in [2.24, 2.45) is 5.73 Å². The highest BCUT2D eigenvalue weighted by atomic mass is 35.5. The molecule has 0 heterocycles. The van der Waals surface area contributed by atoms with Crippen molar-refractivity contribution in [1.82, 2.24) is 4.90 Å². The summed E-state index contributed by atoms with van der Waals surface area (Å²) in [6.45, 7) is 7.45. The molecule has 0 spiro atoms. The zero-order valence-corrected chi connectivity index (χ0v) is 11.9. The van der Waals surface area contributed by atoms with E-state index in [0.29, 0.717) is 10.0 Å². The molecule has 1 unspecified atom stereocenters. The van der Waals surface area contributed by atoms with Gasteiger partial charge in [-0.05, 0) is 43.8 Å². The van der Waals surface area contributed by atoms with E-state index in [1.54, 1.807) is 6.07 Å². The molecule has 0 bridgehead atoms. The van der Waals surface area contributed by atoms with Crippen molar-refractivity contribution < 1.29 is 0 Å². The van der Waals surface area contributed by atoms with Crippen LogP contribution in [0.3, 0.4) is 0 Å². The minimum absolute atomic E-state index is 0.0189. The van der Waals surface area contributed by atoms with Crippen LogP contribution in [0.2, 0.25) is 10.0 Å². The summed E-state index contributed by atoms with van der Waals surface area (Å²) in [5, 5.41) is 1.15. The van der Waals surface area contributed by atoms with Gasteiger partial charge in [0.25, 0.3) is 0 Å². The smallest absolute Gasteiger partial charge is 0.0595 e. The van der Waals surface area contributed by atoms with Crippen LogP contribution in [0, 0.1) is 0 Å². The van der Waals surface area contributed by atoms with Crippen LogP contribution >= 0.6 is 23.2 Å². The van der Waals surface area contributed by atoms with Gasteiger partial charge >= 0.3 is 0 Å². The third kappa shape index (κ3) is 4.47. The van der Waals surface area contributed by atoms with Gasteiger partial charge in [0.15, 0.2) is 0 Å². The summed E-state index contributed by atoms with van der Waals surface area (Å²) < 4.78 is 0. The predicted octanol–water partition coefficient (Wildman–Crippen LogP) is 3.73. The molecule has 0 aliphatic carbocycles. The second kappa shape index (κ2) is 7.22. The fourth-order valence-electron chi connectivity index (χ4n) is 1.77. The van der Waals surface area contributed by atoms with Crippen LogP contribution in [0.5, 0.6) is 0 Å². The topological polar surface area (TPSA) is 29.3 Å². The Balaban J connectivity index is 2.57. The normalized spacial score (nSPS) is 13.1. The number of rotatable bonds is 6. The highest BCUT2D eigenvalue weighted by Crippen LogP contribution is 2.25. The molecule has 0 saturated carbocycles. The van der Waals surface area contributed by atoms with Gasteiger partial charge in [0.05, 0.1) is 10.0 Å². The van der Waals surface area contributed by atoms with Crippen LogP contribution < -0.4 is 5.73 Å². The summed E-state index contributed by atoms with van der Waals surface area (Å²) >= 11 is 11.9. The van der Waals surface area contributed by atoms with Gasteiger partial charge in [-0.3, -0.25) is 0 Å². The number of hydrogen-bond acceptors (Lipinski definition) is 2. The van der Waals surface area contributed by atoms with Gasteiger partial charge in [-0.2, -0.15) is 0 Å². The second-order valence-corrected chi connectivity index (χ2v) is 4.91. The monoisotopic (exact) mass is 274 g/mol. The molecule has 1 atom stereocenters. The molecular weight excluding hydrogens is 255 g/mol. The number of halogens is 2. The summed E-state index contributed by atoms with van der Waals surface area (Å²) in [5.74, 6) is 0. The van der Waals surface area contributed by atoms with Crippen molar-refractivity contribution in [2.75, 3.05) is 19.6 Å². The minimum Gasteiger partial charge on any atom is -0.324 e. The third-order valence-electron chi connectivity index (χ3n) is 3.02. The molecule has 0 aromatic heterocycles. The van der Waals surface area contributed by atoms with Crippen molar-refractivity contribution in [1.29, 1.82) is 0 Å². The molecule has 1 aromatic rings. The van der Waals surface area contributed by atoms with E-state index in [1.165, 1.54) is 0 Å². The molecule has 96 valence electrons. The molecule has 17 heavy (non-hydrogen) atoms. The second-order valence-electron chi connectivity index (χ2n) is 4.10. The number of nitrogens with two attached hydrogens (primary N) is 1. The van der Waals surface area contributed by atoms with E-state index in [2.05, 4.69) is 18.7 Å². The van der Waals surface area contributed by atoms with Crippen LogP contribution in [-0.2, 0) is 0 Å². The van der Waals surface area contributed by atoms with Crippen LogP contribution in [0.15, 0.2) is 18.2 Å². The van der Waals surface area contributed by atoms with E-state index in [9.17, 15) is 0 Å². The van der Waals surface area contributed by atoms with Crippen molar-refractivity contribution in [3.63, 3.8) is 0 Å². The van der Waals surface area contributed by atoms with Crippen LogP contribution in [-0.4, -0.2) is 24.5 Å². The summed E-state index contributed by atoms with van der Waals surface area (Å²) in [6.07, 6.45) is 0.930. The molecule has 0 saturated heterocycles. The molecule has 0 radical (unpaired) electrons. The Bertz CT molecular complexity index is 351. The van der Waals surface area contributed by atoms with Gasteiger partial charge in [0.1, 0.15) is 0 Å². The summed E-state index contributed by atoms with van der Waals surface area (Å²) in [4.78, 5) is 2.36. The van der Waals surface area contributed by atoms with Crippen LogP contribution in [0.1, 0.15) is 31.9 Å². The van der Waals surface area contributed by atoms with Crippen molar-refractivity contribution in [2.45, 2.75) is 26.3 Å². The highest BCUT2D eigenvalue weighted by Gasteiger charge is 2.09. The van der Waals surface area contributed by atoms with E-state index >= 15 is 0 Å². The lowest BCUT2D eigenvalue weighted by Crippen LogP contribution is -2.27. The van der Waals surface area contributed by atoms with Gasteiger partial charge in [-0.25, -0.2) is 0 Å². The average molecular weight is 275 g/mol. The van der Waals surface area contributed by atoms with E-state index in [4.69, 9.17) is 28.9 Å². The van der Waals surface area contributed by atoms with Gasteiger partial charge in [-0.1, -0.05) is 43.1 Å².